The smallest absolute Gasteiger partial charge is 0.306 e. The van der Waals surface area contributed by atoms with Crippen LogP contribution in [-0.4, -0.2) is 39.3 Å². The van der Waals surface area contributed by atoms with Gasteiger partial charge in [0.05, 0.1) is 11.3 Å². The van der Waals surface area contributed by atoms with Crippen LogP contribution in [0.1, 0.15) is 74.0 Å². The molecule has 2 aromatic rings. The maximum Gasteiger partial charge on any atom is 0.306 e. The molecule has 1 unspecified atom stereocenters. The molecule has 0 spiro atoms. The van der Waals surface area contributed by atoms with Crippen molar-refractivity contribution in [1.82, 2.24) is 9.88 Å². The van der Waals surface area contributed by atoms with Crippen molar-refractivity contribution in [2.45, 2.75) is 71.6 Å². The van der Waals surface area contributed by atoms with Crippen molar-refractivity contribution in [3.8, 4) is 17.3 Å². The molecule has 0 radical (unpaired) electrons. The van der Waals surface area contributed by atoms with Gasteiger partial charge in [-0.2, -0.15) is 5.26 Å². The van der Waals surface area contributed by atoms with E-state index in [1.165, 1.54) is 4.90 Å². The third-order valence-corrected chi connectivity index (χ3v) is 5.74. The molecule has 35 heavy (non-hydrogen) atoms. The van der Waals surface area contributed by atoms with Crippen LogP contribution in [-0.2, 0) is 27.3 Å². The van der Waals surface area contributed by atoms with Gasteiger partial charge in [0.1, 0.15) is 23.5 Å². The van der Waals surface area contributed by atoms with Crippen molar-refractivity contribution in [2.24, 2.45) is 5.73 Å². The zero-order valence-corrected chi connectivity index (χ0v) is 20.6. The molecule has 184 valence electrons. The summed E-state index contributed by atoms with van der Waals surface area (Å²) in [5.74, 6) is -1.29. The Bertz CT molecular complexity index is 1210. The lowest BCUT2D eigenvalue weighted by Crippen LogP contribution is -2.45. The Morgan fingerprint density at radius 2 is 2.00 bits per heavy atom. The van der Waals surface area contributed by atoms with Crippen molar-refractivity contribution in [1.29, 1.82) is 5.26 Å². The van der Waals surface area contributed by atoms with Gasteiger partial charge in [-0.1, -0.05) is 19.4 Å². The van der Waals surface area contributed by atoms with Gasteiger partial charge >= 0.3 is 5.97 Å². The van der Waals surface area contributed by atoms with Gasteiger partial charge in [-0.05, 0) is 62.9 Å². The molecule has 0 saturated heterocycles. The Hall–Kier alpha value is -3.93. The number of anilines is 1. The largest absolute Gasteiger partial charge is 0.460 e. The van der Waals surface area contributed by atoms with E-state index < -0.39 is 23.5 Å². The summed E-state index contributed by atoms with van der Waals surface area (Å²) in [4.78, 5) is 43.2. The van der Waals surface area contributed by atoms with E-state index >= 15 is 0 Å². The molecule has 2 amide bonds. The first kappa shape index (κ1) is 25.7. The molecule has 0 bridgehead atoms. The van der Waals surface area contributed by atoms with Crippen molar-refractivity contribution >= 4 is 23.6 Å². The van der Waals surface area contributed by atoms with E-state index in [9.17, 15) is 19.6 Å². The van der Waals surface area contributed by atoms with Crippen LogP contribution in [0.5, 0.6) is 0 Å². The minimum Gasteiger partial charge on any atom is -0.460 e. The number of benzene rings is 1. The van der Waals surface area contributed by atoms with Crippen molar-refractivity contribution in [2.75, 3.05) is 5.73 Å². The topological polar surface area (TPSA) is 152 Å². The predicted octanol–water partition coefficient (Wildman–Crippen LogP) is 3.09. The van der Waals surface area contributed by atoms with Crippen LogP contribution in [0.3, 0.4) is 0 Å². The van der Waals surface area contributed by atoms with E-state index in [-0.39, 0.29) is 31.1 Å². The van der Waals surface area contributed by atoms with E-state index in [4.69, 9.17) is 16.2 Å². The number of hydrogen-bond acceptors (Lipinski definition) is 7. The first-order valence-electron chi connectivity index (χ1n) is 11.6. The first-order chi connectivity index (χ1) is 16.4. The molecule has 1 atom stereocenters. The molecular weight excluding hydrogens is 446 g/mol. The number of primary amides is 1. The number of rotatable bonds is 8. The van der Waals surface area contributed by atoms with Gasteiger partial charge in [0.25, 0.3) is 5.91 Å². The number of nitrogens with two attached hydrogens (primary N) is 2. The summed E-state index contributed by atoms with van der Waals surface area (Å²) in [6.07, 6.45) is 1.58. The third-order valence-electron chi connectivity index (χ3n) is 5.74. The summed E-state index contributed by atoms with van der Waals surface area (Å²) < 4.78 is 5.31. The van der Waals surface area contributed by atoms with Crippen LogP contribution in [0, 0.1) is 11.3 Å². The Balaban J connectivity index is 1.85. The van der Waals surface area contributed by atoms with Crippen LogP contribution in [0.15, 0.2) is 24.3 Å². The number of nitrogens with zero attached hydrogens (tertiary/aromatic N) is 3. The highest BCUT2D eigenvalue weighted by atomic mass is 16.6. The van der Waals surface area contributed by atoms with E-state index in [0.29, 0.717) is 23.2 Å². The van der Waals surface area contributed by atoms with Gasteiger partial charge in [-0.25, -0.2) is 4.98 Å². The summed E-state index contributed by atoms with van der Waals surface area (Å²) >= 11 is 0. The van der Waals surface area contributed by atoms with E-state index in [0.717, 1.165) is 23.1 Å². The van der Waals surface area contributed by atoms with Gasteiger partial charge < -0.3 is 21.1 Å². The molecule has 1 aliphatic rings. The second kappa shape index (κ2) is 10.1. The number of amides is 2. The number of carbonyl (C=O) groups is 3. The maximum absolute atomic E-state index is 13.1. The fourth-order valence-electron chi connectivity index (χ4n) is 4.22. The Kier molecular flexibility index (Phi) is 7.44. The van der Waals surface area contributed by atoms with E-state index in [2.05, 4.69) is 11.1 Å². The number of pyridine rings is 1. The molecular formula is C26H31N5O4. The number of hydrogen-bond donors (Lipinski definition) is 2. The number of carbonyl (C=O) groups excluding carboxylic acids is 3. The Morgan fingerprint density at radius 1 is 1.29 bits per heavy atom. The quantitative estimate of drug-likeness (QED) is 0.554. The van der Waals surface area contributed by atoms with Crippen LogP contribution in [0.2, 0.25) is 0 Å². The average Bonchev–Trinajstić information content (AvgIpc) is 3.08. The van der Waals surface area contributed by atoms with Gasteiger partial charge in [0, 0.05) is 24.1 Å². The van der Waals surface area contributed by atoms with Crippen LogP contribution in [0.25, 0.3) is 11.3 Å². The summed E-state index contributed by atoms with van der Waals surface area (Å²) in [7, 11) is 0. The molecule has 0 aliphatic carbocycles. The van der Waals surface area contributed by atoms with Crippen molar-refractivity contribution in [3.63, 3.8) is 0 Å². The van der Waals surface area contributed by atoms with Gasteiger partial charge in [-0.15, -0.1) is 0 Å². The number of ether oxygens (including phenoxy) is 1. The highest BCUT2D eigenvalue weighted by Gasteiger charge is 2.36. The molecule has 0 saturated carbocycles. The lowest BCUT2D eigenvalue weighted by atomic mass is 9.99. The molecule has 1 aromatic carbocycles. The number of fused-ring (bicyclic) bond motifs is 1. The molecule has 1 aliphatic heterocycles. The minimum absolute atomic E-state index is 0.0368. The first-order valence-corrected chi connectivity index (χ1v) is 11.6. The summed E-state index contributed by atoms with van der Waals surface area (Å²) in [5, 5.41) is 9.42. The number of nitriles is 1. The van der Waals surface area contributed by atoms with Crippen molar-refractivity contribution in [3.05, 3.63) is 46.5 Å². The lowest BCUT2D eigenvalue weighted by Gasteiger charge is -2.25. The predicted molar refractivity (Wildman–Crippen MR) is 131 cm³/mol. The average molecular weight is 478 g/mol. The molecule has 2 heterocycles. The number of aryl methyl sites for hydroxylation is 1. The standard InChI is InChI=1S/C26H31N5O4/c1-5-6-15-12-20(30-23(28)19(15)13-27)16-7-8-18-17(11-16)14-31(25(18)34)21(24(29)33)9-10-22(32)35-26(2,3)4/h7-8,11-12,21H,5-6,9-10,14H2,1-4H3,(H2,28,30)(H2,29,33). The maximum atomic E-state index is 13.1. The second-order valence-corrected chi connectivity index (χ2v) is 9.64. The summed E-state index contributed by atoms with van der Waals surface area (Å²) in [6, 6.07) is 8.32. The Morgan fingerprint density at radius 3 is 2.60 bits per heavy atom. The minimum atomic E-state index is -0.939. The van der Waals surface area contributed by atoms with Gasteiger partial charge in [0.15, 0.2) is 0 Å². The van der Waals surface area contributed by atoms with Crippen LogP contribution < -0.4 is 11.5 Å². The fourth-order valence-corrected chi connectivity index (χ4v) is 4.22. The van der Waals surface area contributed by atoms with E-state index in [1.54, 1.807) is 32.9 Å². The second-order valence-electron chi connectivity index (χ2n) is 9.64. The SMILES string of the molecule is CCCc1cc(-c2ccc3c(c2)CN(C(CCC(=O)OC(C)(C)C)C(N)=O)C3=O)nc(N)c1C#N. The van der Waals surface area contributed by atoms with Gasteiger partial charge in [0.2, 0.25) is 5.91 Å². The highest BCUT2D eigenvalue weighted by Crippen LogP contribution is 2.31. The highest BCUT2D eigenvalue weighted by molar-refractivity contribution is 6.01. The lowest BCUT2D eigenvalue weighted by molar-refractivity contribution is -0.155. The fraction of sp³-hybridized carbons (Fsp3) is 0.423. The molecule has 4 N–H and O–H groups in total. The number of esters is 1. The summed E-state index contributed by atoms with van der Waals surface area (Å²) in [5.41, 5.74) is 14.7. The number of nitrogen functional groups attached to an aromatic ring is 1. The van der Waals surface area contributed by atoms with Crippen LogP contribution >= 0.6 is 0 Å². The van der Waals surface area contributed by atoms with Crippen LogP contribution in [0.4, 0.5) is 5.82 Å². The normalized spacial score (nSPS) is 13.8. The number of aromatic nitrogens is 1. The molecule has 3 rings (SSSR count). The molecule has 9 nitrogen and oxygen atoms in total. The third kappa shape index (κ3) is 5.77. The molecule has 1 aromatic heterocycles. The van der Waals surface area contributed by atoms with Gasteiger partial charge in [-0.3, -0.25) is 14.4 Å². The zero-order chi connectivity index (χ0) is 25.9. The van der Waals surface area contributed by atoms with Crippen molar-refractivity contribution < 1.29 is 19.1 Å². The molecule has 9 heteroatoms. The zero-order valence-electron chi connectivity index (χ0n) is 20.6. The Labute approximate surface area is 205 Å². The van der Waals surface area contributed by atoms with E-state index in [1.807, 2.05) is 19.1 Å². The monoisotopic (exact) mass is 477 g/mol. The molecule has 0 fully saturated rings. The summed E-state index contributed by atoms with van der Waals surface area (Å²) in [6.45, 7) is 7.48.